The molecule has 0 bridgehead atoms. The summed E-state index contributed by atoms with van der Waals surface area (Å²) in [4.78, 5) is 11.1. The van der Waals surface area contributed by atoms with Gasteiger partial charge in [-0.05, 0) is 42.9 Å². The molecular formula is C15H30O2. The van der Waals surface area contributed by atoms with E-state index in [1.807, 2.05) is 0 Å². The van der Waals surface area contributed by atoms with Crippen LogP contribution in [-0.2, 0) is 4.79 Å². The Morgan fingerprint density at radius 2 is 1.65 bits per heavy atom. The first kappa shape index (κ1) is 16.5. The third-order valence-corrected chi connectivity index (χ3v) is 3.07. The number of carboxylic acids is 1. The summed E-state index contributed by atoms with van der Waals surface area (Å²) in [5.41, 5.74) is 0.343. The molecule has 0 aromatic rings. The van der Waals surface area contributed by atoms with Crippen molar-refractivity contribution in [2.24, 2.45) is 23.2 Å². The maximum atomic E-state index is 11.1. The number of carboxylic acid groups (broad SMARTS) is 1. The largest absolute Gasteiger partial charge is 0.481 e. The normalized spacial score (nSPS) is 15.9. The second-order valence-electron chi connectivity index (χ2n) is 7.11. The Hall–Kier alpha value is -0.530. The van der Waals surface area contributed by atoms with Crippen LogP contribution in [0.2, 0.25) is 0 Å². The van der Waals surface area contributed by atoms with Crippen molar-refractivity contribution in [1.82, 2.24) is 0 Å². The summed E-state index contributed by atoms with van der Waals surface area (Å²) in [5, 5.41) is 9.17. The quantitative estimate of drug-likeness (QED) is 0.709. The lowest BCUT2D eigenvalue weighted by Gasteiger charge is -2.24. The average Bonchev–Trinajstić information content (AvgIpc) is 2.08. The first-order valence-corrected chi connectivity index (χ1v) is 6.84. The highest BCUT2D eigenvalue weighted by Crippen LogP contribution is 2.28. The van der Waals surface area contributed by atoms with E-state index in [1.165, 1.54) is 6.42 Å². The van der Waals surface area contributed by atoms with E-state index in [2.05, 4.69) is 41.5 Å². The van der Waals surface area contributed by atoms with E-state index in [1.54, 1.807) is 0 Å². The van der Waals surface area contributed by atoms with Crippen LogP contribution >= 0.6 is 0 Å². The van der Waals surface area contributed by atoms with Crippen molar-refractivity contribution < 1.29 is 9.90 Å². The van der Waals surface area contributed by atoms with Crippen LogP contribution in [0.3, 0.4) is 0 Å². The zero-order chi connectivity index (χ0) is 13.6. The number of hydrogen-bond donors (Lipinski definition) is 1. The summed E-state index contributed by atoms with van der Waals surface area (Å²) in [6.45, 7) is 13.1. The summed E-state index contributed by atoms with van der Waals surface area (Å²) >= 11 is 0. The lowest BCUT2D eigenvalue weighted by molar-refractivity contribution is -0.142. The second-order valence-corrected chi connectivity index (χ2v) is 7.11. The molecular weight excluding hydrogens is 212 g/mol. The van der Waals surface area contributed by atoms with E-state index in [0.29, 0.717) is 17.3 Å². The van der Waals surface area contributed by atoms with Gasteiger partial charge < -0.3 is 5.11 Å². The summed E-state index contributed by atoms with van der Waals surface area (Å²) in [5.74, 6) is 0.303. The fraction of sp³-hybridized carbons (Fsp3) is 0.933. The van der Waals surface area contributed by atoms with Crippen LogP contribution in [-0.4, -0.2) is 11.1 Å². The van der Waals surface area contributed by atoms with Crippen LogP contribution in [0.25, 0.3) is 0 Å². The van der Waals surface area contributed by atoms with E-state index in [-0.39, 0.29) is 5.92 Å². The molecule has 0 amide bonds. The fourth-order valence-corrected chi connectivity index (χ4v) is 2.54. The van der Waals surface area contributed by atoms with Gasteiger partial charge in [0.2, 0.25) is 0 Å². The predicted octanol–water partition coefficient (Wildman–Crippen LogP) is 4.59. The Kier molecular flexibility index (Phi) is 6.81. The maximum Gasteiger partial charge on any atom is 0.306 e. The number of carbonyl (C=O) groups is 1. The van der Waals surface area contributed by atoms with Gasteiger partial charge in [-0.25, -0.2) is 0 Å². The van der Waals surface area contributed by atoms with Crippen molar-refractivity contribution >= 4 is 5.97 Å². The monoisotopic (exact) mass is 242 g/mol. The fourth-order valence-electron chi connectivity index (χ4n) is 2.54. The van der Waals surface area contributed by atoms with Gasteiger partial charge in [0.1, 0.15) is 0 Å². The first-order chi connectivity index (χ1) is 7.61. The van der Waals surface area contributed by atoms with Crippen LogP contribution < -0.4 is 0 Å². The van der Waals surface area contributed by atoms with Crippen molar-refractivity contribution in [3.05, 3.63) is 0 Å². The summed E-state index contributed by atoms with van der Waals surface area (Å²) in [7, 11) is 0. The first-order valence-electron chi connectivity index (χ1n) is 6.84. The molecule has 2 atom stereocenters. The molecule has 0 saturated heterocycles. The Labute approximate surface area is 107 Å². The van der Waals surface area contributed by atoms with Gasteiger partial charge in [-0.2, -0.15) is 0 Å². The van der Waals surface area contributed by atoms with Crippen LogP contribution in [0, 0.1) is 23.2 Å². The van der Waals surface area contributed by atoms with Crippen molar-refractivity contribution in [3.63, 3.8) is 0 Å². The van der Waals surface area contributed by atoms with Gasteiger partial charge in [0.25, 0.3) is 0 Å². The highest BCUT2D eigenvalue weighted by atomic mass is 16.4. The Bertz CT molecular complexity index is 226. The second kappa shape index (κ2) is 7.03. The molecule has 0 aromatic heterocycles. The molecule has 17 heavy (non-hydrogen) atoms. The third-order valence-electron chi connectivity index (χ3n) is 3.07. The molecule has 0 aromatic carbocycles. The number of hydrogen-bond acceptors (Lipinski definition) is 1. The zero-order valence-corrected chi connectivity index (χ0v) is 12.4. The average molecular weight is 242 g/mol. The van der Waals surface area contributed by atoms with Crippen LogP contribution in [0.15, 0.2) is 0 Å². The topological polar surface area (TPSA) is 37.3 Å². The lowest BCUT2D eigenvalue weighted by atomic mass is 9.81. The molecule has 2 nitrogen and oxygen atoms in total. The highest BCUT2D eigenvalue weighted by Gasteiger charge is 2.21. The molecule has 0 aliphatic heterocycles. The Morgan fingerprint density at radius 1 is 1.12 bits per heavy atom. The van der Waals surface area contributed by atoms with Gasteiger partial charge in [-0.3, -0.25) is 4.79 Å². The molecule has 0 radical (unpaired) electrons. The molecule has 0 aliphatic rings. The van der Waals surface area contributed by atoms with E-state index in [0.717, 1.165) is 19.3 Å². The molecule has 0 fully saturated rings. The van der Waals surface area contributed by atoms with Crippen LogP contribution in [0.5, 0.6) is 0 Å². The molecule has 0 aliphatic carbocycles. The summed E-state index contributed by atoms with van der Waals surface area (Å²) in [6, 6.07) is 0. The van der Waals surface area contributed by atoms with E-state index in [9.17, 15) is 4.79 Å². The van der Waals surface area contributed by atoms with Crippen molar-refractivity contribution in [2.45, 2.75) is 67.2 Å². The van der Waals surface area contributed by atoms with E-state index < -0.39 is 5.97 Å². The molecule has 0 saturated carbocycles. The smallest absolute Gasteiger partial charge is 0.306 e. The molecule has 1 N–H and O–H groups in total. The Morgan fingerprint density at radius 3 is 2.00 bits per heavy atom. The van der Waals surface area contributed by atoms with Gasteiger partial charge in [-0.1, -0.05) is 41.5 Å². The molecule has 0 heterocycles. The number of rotatable bonds is 7. The minimum atomic E-state index is -0.623. The molecule has 102 valence electrons. The highest BCUT2D eigenvalue weighted by molar-refractivity contribution is 5.69. The van der Waals surface area contributed by atoms with Crippen molar-refractivity contribution in [2.75, 3.05) is 0 Å². The van der Waals surface area contributed by atoms with Gasteiger partial charge in [-0.15, -0.1) is 0 Å². The zero-order valence-electron chi connectivity index (χ0n) is 12.4. The minimum absolute atomic E-state index is 0.155. The maximum absolute atomic E-state index is 11.1. The molecule has 2 heteroatoms. The third kappa shape index (κ3) is 9.20. The standard InChI is InChI=1S/C15H30O2/c1-11(2)9-13(14(16)17)8-7-12(3)10-15(4,5)6/h11-13H,7-10H2,1-6H3,(H,16,17). The van der Waals surface area contributed by atoms with Crippen LogP contribution in [0.4, 0.5) is 0 Å². The van der Waals surface area contributed by atoms with Crippen molar-refractivity contribution in [3.8, 4) is 0 Å². The summed E-state index contributed by atoms with van der Waals surface area (Å²) < 4.78 is 0. The van der Waals surface area contributed by atoms with E-state index in [4.69, 9.17) is 5.11 Å². The SMILES string of the molecule is CC(C)CC(CCC(C)CC(C)(C)C)C(=O)O. The summed E-state index contributed by atoms with van der Waals surface area (Å²) in [6.07, 6.45) is 3.82. The number of aliphatic carboxylic acids is 1. The molecule has 0 rings (SSSR count). The van der Waals surface area contributed by atoms with Crippen LogP contribution in [0.1, 0.15) is 67.2 Å². The van der Waals surface area contributed by atoms with E-state index >= 15 is 0 Å². The Balaban J connectivity index is 4.08. The lowest BCUT2D eigenvalue weighted by Crippen LogP contribution is -2.18. The van der Waals surface area contributed by atoms with Gasteiger partial charge in [0, 0.05) is 0 Å². The van der Waals surface area contributed by atoms with Gasteiger partial charge in [0.05, 0.1) is 5.92 Å². The predicted molar refractivity (Wildman–Crippen MR) is 73.1 cm³/mol. The van der Waals surface area contributed by atoms with Gasteiger partial charge in [0.15, 0.2) is 0 Å². The molecule has 2 unspecified atom stereocenters. The van der Waals surface area contributed by atoms with Crippen molar-refractivity contribution in [1.29, 1.82) is 0 Å². The van der Waals surface area contributed by atoms with Gasteiger partial charge >= 0.3 is 5.97 Å². The minimum Gasteiger partial charge on any atom is -0.481 e. The molecule has 0 spiro atoms.